The molecule has 1 fully saturated rings. The van der Waals surface area contributed by atoms with Crippen LogP contribution in [-0.2, 0) is 0 Å². The number of anilines is 1. The lowest BCUT2D eigenvalue weighted by Gasteiger charge is -2.15. The summed E-state index contributed by atoms with van der Waals surface area (Å²) in [5.74, 6) is -0.134. The molecule has 0 spiro atoms. The van der Waals surface area contributed by atoms with Gasteiger partial charge in [0, 0.05) is 25.4 Å². The van der Waals surface area contributed by atoms with E-state index in [0.29, 0.717) is 5.65 Å². The van der Waals surface area contributed by atoms with Crippen molar-refractivity contribution < 1.29 is 9.90 Å². The van der Waals surface area contributed by atoms with Gasteiger partial charge in [-0.05, 0) is 18.9 Å². The molecular formula is C11H12N4O2. The van der Waals surface area contributed by atoms with Gasteiger partial charge in [0.15, 0.2) is 11.3 Å². The van der Waals surface area contributed by atoms with E-state index < -0.39 is 5.97 Å². The number of rotatable bonds is 2. The van der Waals surface area contributed by atoms with Crippen LogP contribution in [0.15, 0.2) is 18.3 Å². The smallest absolute Gasteiger partial charge is 0.356 e. The largest absolute Gasteiger partial charge is 0.476 e. The fourth-order valence-corrected chi connectivity index (χ4v) is 2.10. The van der Waals surface area contributed by atoms with E-state index in [2.05, 4.69) is 15.0 Å². The van der Waals surface area contributed by atoms with E-state index in [1.807, 2.05) is 6.07 Å². The average Bonchev–Trinajstić information content (AvgIpc) is 2.97. The molecule has 1 aliphatic heterocycles. The standard InChI is InChI=1S/C11H12N4O2/c16-11(17)8-7-10-12-9(3-6-15(10)13-8)14-4-1-2-5-14/h3,6-7H,1-2,4-5H2,(H,16,17). The van der Waals surface area contributed by atoms with E-state index in [4.69, 9.17) is 5.11 Å². The molecule has 2 aromatic heterocycles. The number of carboxylic acid groups (broad SMARTS) is 1. The van der Waals surface area contributed by atoms with Crippen molar-refractivity contribution in [2.24, 2.45) is 0 Å². The number of carbonyl (C=O) groups is 1. The monoisotopic (exact) mass is 232 g/mol. The Morgan fingerprint density at radius 3 is 2.82 bits per heavy atom. The number of nitrogens with zero attached hydrogens (tertiary/aromatic N) is 4. The summed E-state index contributed by atoms with van der Waals surface area (Å²) in [4.78, 5) is 17.4. The summed E-state index contributed by atoms with van der Waals surface area (Å²) in [6.45, 7) is 2.03. The normalized spacial score (nSPS) is 15.6. The summed E-state index contributed by atoms with van der Waals surface area (Å²) < 4.78 is 1.49. The van der Waals surface area contributed by atoms with Gasteiger partial charge in [-0.3, -0.25) is 0 Å². The van der Waals surface area contributed by atoms with E-state index in [0.717, 1.165) is 18.9 Å². The van der Waals surface area contributed by atoms with Gasteiger partial charge in [-0.2, -0.15) is 5.10 Å². The Morgan fingerprint density at radius 2 is 2.12 bits per heavy atom. The van der Waals surface area contributed by atoms with E-state index in [-0.39, 0.29) is 5.69 Å². The van der Waals surface area contributed by atoms with Crippen LogP contribution >= 0.6 is 0 Å². The van der Waals surface area contributed by atoms with Crippen LogP contribution in [0.3, 0.4) is 0 Å². The summed E-state index contributed by atoms with van der Waals surface area (Å²) in [7, 11) is 0. The molecule has 0 aromatic carbocycles. The van der Waals surface area contributed by atoms with Gasteiger partial charge in [-0.25, -0.2) is 14.3 Å². The summed E-state index contributed by atoms with van der Waals surface area (Å²) in [5.41, 5.74) is 0.600. The Balaban J connectivity index is 2.02. The minimum absolute atomic E-state index is 0.0241. The van der Waals surface area contributed by atoms with Gasteiger partial charge in [-0.1, -0.05) is 0 Å². The first kappa shape index (κ1) is 10.1. The van der Waals surface area contributed by atoms with Crippen LogP contribution in [0.4, 0.5) is 5.82 Å². The second-order valence-electron chi connectivity index (χ2n) is 4.12. The molecule has 6 nitrogen and oxygen atoms in total. The highest BCUT2D eigenvalue weighted by molar-refractivity contribution is 5.86. The highest BCUT2D eigenvalue weighted by Gasteiger charge is 2.15. The molecule has 0 unspecified atom stereocenters. The van der Waals surface area contributed by atoms with Gasteiger partial charge in [0.1, 0.15) is 5.82 Å². The molecule has 6 heteroatoms. The van der Waals surface area contributed by atoms with Crippen LogP contribution in [-0.4, -0.2) is 38.8 Å². The van der Waals surface area contributed by atoms with E-state index in [9.17, 15) is 4.79 Å². The van der Waals surface area contributed by atoms with Crippen LogP contribution in [0.25, 0.3) is 5.65 Å². The van der Waals surface area contributed by atoms with Crippen molar-refractivity contribution >= 4 is 17.4 Å². The molecule has 1 aliphatic rings. The highest BCUT2D eigenvalue weighted by Crippen LogP contribution is 2.18. The van der Waals surface area contributed by atoms with Crippen LogP contribution in [0.2, 0.25) is 0 Å². The number of hydrogen-bond acceptors (Lipinski definition) is 4. The maximum absolute atomic E-state index is 10.8. The first-order valence-corrected chi connectivity index (χ1v) is 5.59. The molecular weight excluding hydrogens is 220 g/mol. The van der Waals surface area contributed by atoms with Crippen LogP contribution < -0.4 is 4.90 Å². The molecule has 3 heterocycles. The average molecular weight is 232 g/mol. The molecule has 1 N–H and O–H groups in total. The maximum Gasteiger partial charge on any atom is 0.356 e. The zero-order valence-electron chi connectivity index (χ0n) is 9.20. The van der Waals surface area contributed by atoms with Crippen molar-refractivity contribution in [2.75, 3.05) is 18.0 Å². The molecule has 0 aliphatic carbocycles. The van der Waals surface area contributed by atoms with Gasteiger partial charge in [0.2, 0.25) is 0 Å². The molecule has 0 radical (unpaired) electrons. The Hall–Kier alpha value is -2.11. The van der Waals surface area contributed by atoms with Crippen LogP contribution in [0, 0.1) is 0 Å². The lowest BCUT2D eigenvalue weighted by atomic mass is 10.4. The van der Waals surface area contributed by atoms with E-state index in [1.54, 1.807) is 6.20 Å². The third-order valence-electron chi connectivity index (χ3n) is 2.96. The van der Waals surface area contributed by atoms with Crippen molar-refractivity contribution in [1.82, 2.24) is 14.6 Å². The molecule has 17 heavy (non-hydrogen) atoms. The van der Waals surface area contributed by atoms with Gasteiger partial charge >= 0.3 is 5.97 Å². The fraction of sp³-hybridized carbons (Fsp3) is 0.364. The quantitative estimate of drug-likeness (QED) is 0.837. The van der Waals surface area contributed by atoms with E-state index >= 15 is 0 Å². The molecule has 0 bridgehead atoms. The van der Waals surface area contributed by atoms with E-state index in [1.165, 1.54) is 23.4 Å². The summed E-state index contributed by atoms with van der Waals surface area (Å²) in [6, 6.07) is 3.36. The van der Waals surface area contributed by atoms with Crippen LogP contribution in [0.1, 0.15) is 23.3 Å². The number of fused-ring (bicyclic) bond motifs is 1. The summed E-state index contributed by atoms with van der Waals surface area (Å²) in [5, 5.41) is 12.8. The minimum atomic E-state index is -1.03. The molecule has 0 saturated carbocycles. The Labute approximate surface area is 97.5 Å². The third-order valence-corrected chi connectivity index (χ3v) is 2.96. The zero-order valence-corrected chi connectivity index (χ0v) is 9.20. The molecule has 3 rings (SSSR count). The number of aromatic nitrogens is 3. The second kappa shape index (κ2) is 3.73. The first-order chi connectivity index (χ1) is 8.24. The Bertz CT molecular complexity index is 572. The molecule has 2 aromatic rings. The SMILES string of the molecule is O=C(O)c1cc2nc(N3CCCC3)ccn2n1. The Morgan fingerprint density at radius 1 is 1.35 bits per heavy atom. The van der Waals surface area contributed by atoms with Crippen molar-refractivity contribution in [2.45, 2.75) is 12.8 Å². The van der Waals surface area contributed by atoms with Crippen molar-refractivity contribution in [3.8, 4) is 0 Å². The first-order valence-electron chi connectivity index (χ1n) is 5.59. The summed E-state index contributed by atoms with van der Waals surface area (Å²) in [6.07, 6.45) is 4.13. The second-order valence-corrected chi connectivity index (χ2v) is 4.12. The minimum Gasteiger partial charge on any atom is -0.476 e. The van der Waals surface area contributed by atoms with Gasteiger partial charge in [0.05, 0.1) is 0 Å². The van der Waals surface area contributed by atoms with Crippen LogP contribution in [0.5, 0.6) is 0 Å². The molecule has 0 atom stereocenters. The number of aromatic carboxylic acids is 1. The fourth-order valence-electron chi connectivity index (χ4n) is 2.10. The van der Waals surface area contributed by atoms with Crippen molar-refractivity contribution in [3.63, 3.8) is 0 Å². The summed E-state index contributed by atoms with van der Waals surface area (Å²) >= 11 is 0. The lowest BCUT2D eigenvalue weighted by molar-refractivity contribution is 0.0690. The maximum atomic E-state index is 10.8. The van der Waals surface area contributed by atoms with Gasteiger partial charge < -0.3 is 10.0 Å². The molecule has 1 saturated heterocycles. The highest BCUT2D eigenvalue weighted by atomic mass is 16.4. The van der Waals surface area contributed by atoms with Gasteiger partial charge in [-0.15, -0.1) is 0 Å². The molecule has 0 amide bonds. The number of carboxylic acids is 1. The van der Waals surface area contributed by atoms with Gasteiger partial charge in [0.25, 0.3) is 0 Å². The number of hydrogen-bond donors (Lipinski definition) is 1. The third kappa shape index (κ3) is 1.71. The lowest BCUT2D eigenvalue weighted by Crippen LogP contribution is -2.19. The van der Waals surface area contributed by atoms with Crippen molar-refractivity contribution in [1.29, 1.82) is 0 Å². The van der Waals surface area contributed by atoms with Crippen molar-refractivity contribution in [3.05, 3.63) is 24.0 Å². The topological polar surface area (TPSA) is 70.7 Å². The zero-order chi connectivity index (χ0) is 11.8. The molecule has 88 valence electrons. The predicted molar refractivity (Wildman–Crippen MR) is 61.4 cm³/mol. The predicted octanol–water partition coefficient (Wildman–Crippen LogP) is 1.03. The Kier molecular flexibility index (Phi) is 2.21.